The van der Waals surface area contributed by atoms with Crippen LogP contribution in [-0.4, -0.2) is 18.2 Å². The summed E-state index contributed by atoms with van der Waals surface area (Å²) < 4.78 is 0. The van der Waals surface area contributed by atoms with E-state index in [4.69, 9.17) is 5.73 Å². The standard InChI is InChI=1S/C16H26N2O/c1-3-13-5-4-9-18(10-8-13)14-6-7-15(12(2)17)16(19)11-14/h6-7,11-13,19H,3-5,8-10,17H2,1-2H3. The van der Waals surface area contributed by atoms with E-state index in [2.05, 4.69) is 17.9 Å². The number of phenolic OH excluding ortho intramolecular Hbond substituents is 1. The number of anilines is 1. The molecule has 0 spiro atoms. The Balaban J connectivity index is 2.11. The maximum absolute atomic E-state index is 10.1. The molecule has 3 nitrogen and oxygen atoms in total. The number of phenols is 1. The van der Waals surface area contributed by atoms with Crippen molar-refractivity contribution >= 4 is 5.69 Å². The number of nitrogens with two attached hydrogens (primary N) is 1. The summed E-state index contributed by atoms with van der Waals surface area (Å²) in [6.45, 7) is 6.36. The molecule has 1 aliphatic rings. The molecular weight excluding hydrogens is 236 g/mol. The molecule has 0 saturated carbocycles. The summed E-state index contributed by atoms with van der Waals surface area (Å²) in [6.07, 6.45) is 5.11. The normalized spacial score (nSPS) is 22.1. The number of nitrogens with zero attached hydrogens (tertiary/aromatic N) is 1. The van der Waals surface area contributed by atoms with Crippen LogP contribution in [-0.2, 0) is 0 Å². The van der Waals surface area contributed by atoms with Crippen LogP contribution in [0.1, 0.15) is 51.1 Å². The van der Waals surface area contributed by atoms with Crippen LogP contribution in [0, 0.1) is 5.92 Å². The molecule has 0 aromatic heterocycles. The van der Waals surface area contributed by atoms with E-state index in [1.807, 2.05) is 19.1 Å². The molecule has 1 aromatic carbocycles. The molecule has 1 saturated heterocycles. The van der Waals surface area contributed by atoms with E-state index in [1.54, 1.807) is 0 Å². The molecule has 0 bridgehead atoms. The molecule has 106 valence electrons. The second kappa shape index (κ2) is 6.29. The Kier molecular flexibility index (Phi) is 4.70. The highest BCUT2D eigenvalue weighted by atomic mass is 16.3. The summed E-state index contributed by atoms with van der Waals surface area (Å²) in [5.41, 5.74) is 7.78. The zero-order valence-electron chi connectivity index (χ0n) is 12.1. The molecular formula is C16H26N2O. The Morgan fingerprint density at radius 1 is 1.37 bits per heavy atom. The van der Waals surface area contributed by atoms with Crippen molar-refractivity contribution in [2.24, 2.45) is 11.7 Å². The molecule has 19 heavy (non-hydrogen) atoms. The summed E-state index contributed by atoms with van der Waals surface area (Å²) in [7, 11) is 0. The van der Waals surface area contributed by atoms with Gasteiger partial charge in [0.25, 0.3) is 0 Å². The topological polar surface area (TPSA) is 49.5 Å². The lowest BCUT2D eigenvalue weighted by Crippen LogP contribution is -2.24. The first-order chi connectivity index (χ1) is 9.11. The van der Waals surface area contributed by atoms with Gasteiger partial charge in [0.05, 0.1) is 0 Å². The second-order valence-corrected chi connectivity index (χ2v) is 5.72. The van der Waals surface area contributed by atoms with Gasteiger partial charge in [0, 0.05) is 36.4 Å². The van der Waals surface area contributed by atoms with E-state index >= 15 is 0 Å². The van der Waals surface area contributed by atoms with Crippen LogP contribution in [0.25, 0.3) is 0 Å². The van der Waals surface area contributed by atoms with Crippen molar-refractivity contribution in [1.29, 1.82) is 0 Å². The highest BCUT2D eigenvalue weighted by Gasteiger charge is 2.17. The highest BCUT2D eigenvalue weighted by Crippen LogP contribution is 2.30. The Bertz CT molecular complexity index is 417. The third kappa shape index (κ3) is 3.41. The molecule has 1 fully saturated rings. The Hall–Kier alpha value is -1.22. The first-order valence-electron chi connectivity index (χ1n) is 7.45. The first kappa shape index (κ1) is 14.2. The van der Waals surface area contributed by atoms with Crippen LogP contribution < -0.4 is 10.6 Å². The molecule has 0 radical (unpaired) electrons. The molecule has 2 atom stereocenters. The van der Waals surface area contributed by atoms with E-state index in [0.29, 0.717) is 5.75 Å². The van der Waals surface area contributed by atoms with E-state index in [1.165, 1.54) is 25.7 Å². The van der Waals surface area contributed by atoms with E-state index in [9.17, 15) is 5.11 Å². The molecule has 1 aromatic rings. The van der Waals surface area contributed by atoms with Gasteiger partial charge < -0.3 is 15.7 Å². The van der Waals surface area contributed by atoms with Crippen molar-refractivity contribution in [1.82, 2.24) is 0 Å². The van der Waals surface area contributed by atoms with Gasteiger partial charge in [-0.15, -0.1) is 0 Å². The number of benzene rings is 1. The fourth-order valence-electron chi connectivity index (χ4n) is 2.95. The molecule has 1 heterocycles. The van der Waals surface area contributed by atoms with Gasteiger partial charge >= 0.3 is 0 Å². The number of hydrogen-bond donors (Lipinski definition) is 2. The molecule has 2 unspecified atom stereocenters. The van der Waals surface area contributed by atoms with Gasteiger partial charge in [-0.1, -0.05) is 19.4 Å². The molecule has 3 N–H and O–H groups in total. The van der Waals surface area contributed by atoms with Crippen molar-refractivity contribution < 1.29 is 5.11 Å². The lowest BCUT2D eigenvalue weighted by atomic mass is 9.98. The van der Waals surface area contributed by atoms with Gasteiger partial charge in [-0.3, -0.25) is 0 Å². The quantitative estimate of drug-likeness (QED) is 0.877. The maximum Gasteiger partial charge on any atom is 0.122 e. The summed E-state index contributed by atoms with van der Waals surface area (Å²) >= 11 is 0. The van der Waals surface area contributed by atoms with Crippen molar-refractivity contribution in [2.75, 3.05) is 18.0 Å². The summed E-state index contributed by atoms with van der Waals surface area (Å²) in [6, 6.07) is 5.79. The minimum Gasteiger partial charge on any atom is -0.508 e. The third-order valence-electron chi connectivity index (χ3n) is 4.29. The smallest absolute Gasteiger partial charge is 0.122 e. The average molecular weight is 262 g/mol. The molecule has 3 heteroatoms. The second-order valence-electron chi connectivity index (χ2n) is 5.72. The molecule has 0 amide bonds. The van der Waals surface area contributed by atoms with Crippen LogP contribution in [0.3, 0.4) is 0 Å². The van der Waals surface area contributed by atoms with Crippen molar-refractivity contribution in [3.63, 3.8) is 0 Å². The SMILES string of the molecule is CCC1CCCN(c2ccc(C(C)N)c(O)c2)CC1. The Morgan fingerprint density at radius 2 is 2.16 bits per heavy atom. The van der Waals surface area contributed by atoms with Crippen LogP contribution in [0.2, 0.25) is 0 Å². The zero-order chi connectivity index (χ0) is 13.8. The van der Waals surface area contributed by atoms with Crippen LogP contribution in [0.5, 0.6) is 5.75 Å². The lowest BCUT2D eigenvalue weighted by molar-refractivity contribution is 0.459. The molecule has 2 rings (SSSR count). The fraction of sp³-hybridized carbons (Fsp3) is 0.625. The van der Waals surface area contributed by atoms with Gasteiger partial charge in [-0.05, 0) is 38.2 Å². The van der Waals surface area contributed by atoms with E-state index in [0.717, 1.165) is 30.3 Å². The molecule has 0 aliphatic carbocycles. The summed E-state index contributed by atoms with van der Waals surface area (Å²) in [5, 5.41) is 10.1. The van der Waals surface area contributed by atoms with Crippen molar-refractivity contribution in [3.05, 3.63) is 23.8 Å². The van der Waals surface area contributed by atoms with E-state index in [-0.39, 0.29) is 6.04 Å². The number of rotatable bonds is 3. The van der Waals surface area contributed by atoms with Crippen molar-refractivity contribution in [3.8, 4) is 5.75 Å². The average Bonchev–Trinajstić information content (AvgIpc) is 2.63. The highest BCUT2D eigenvalue weighted by molar-refractivity contribution is 5.54. The summed E-state index contributed by atoms with van der Waals surface area (Å²) in [5.74, 6) is 1.19. The largest absolute Gasteiger partial charge is 0.508 e. The predicted octanol–water partition coefficient (Wildman–Crippen LogP) is 3.43. The van der Waals surface area contributed by atoms with Gasteiger partial charge in [-0.25, -0.2) is 0 Å². The van der Waals surface area contributed by atoms with Crippen molar-refractivity contribution in [2.45, 2.75) is 45.6 Å². The zero-order valence-corrected chi connectivity index (χ0v) is 12.1. The van der Waals surface area contributed by atoms with Gasteiger partial charge in [0.15, 0.2) is 0 Å². The van der Waals surface area contributed by atoms with Crippen LogP contribution in [0.4, 0.5) is 5.69 Å². The van der Waals surface area contributed by atoms with Gasteiger partial charge in [-0.2, -0.15) is 0 Å². The maximum atomic E-state index is 10.1. The fourth-order valence-corrected chi connectivity index (χ4v) is 2.95. The minimum absolute atomic E-state index is 0.123. The monoisotopic (exact) mass is 262 g/mol. The van der Waals surface area contributed by atoms with Gasteiger partial charge in [0.2, 0.25) is 0 Å². The lowest BCUT2D eigenvalue weighted by Gasteiger charge is -2.24. The Labute approximate surface area is 116 Å². The number of aromatic hydroxyl groups is 1. The predicted molar refractivity (Wildman–Crippen MR) is 80.6 cm³/mol. The first-order valence-corrected chi connectivity index (χ1v) is 7.45. The Morgan fingerprint density at radius 3 is 2.79 bits per heavy atom. The van der Waals surface area contributed by atoms with Crippen LogP contribution >= 0.6 is 0 Å². The molecule has 1 aliphatic heterocycles. The van der Waals surface area contributed by atoms with E-state index < -0.39 is 0 Å². The van der Waals surface area contributed by atoms with Gasteiger partial charge in [0.1, 0.15) is 5.75 Å². The van der Waals surface area contributed by atoms with Crippen LogP contribution in [0.15, 0.2) is 18.2 Å². The number of hydrogen-bond acceptors (Lipinski definition) is 3. The minimum atomic E-state index is -0.123. The third-order valence-corrected chi connectivity index (χ3v) is 4.29. The summed E-state index contributed by atoms with van der Waals surface area (Å²) in [4.78, 5) is 2.39.